The van der Waals surface area contributed by atoms with Crippen LogP contribution in [0, 0.1) is 20.8 Å². The van der Waals surface area contributed by atoms with E-state index in [1.165, 1.54) is 5.56 Å². The van der Waals surface area contributed by atoms with Crippen molar-refractivity contribution in [3.05, 3.63) is 101 Å². The summed E-state index contributed by atoms with van der Waals surface area (Å²) in [7, 11) is 0. The van der Waals surface area contributed by atoms with Gasteiger partial charge in [0.15, 0.2) is 11.5 Å². The number of carbonyl (C=O) groups excluding carboxylic acids is 1. The largest absolute Gasteiger partial charge is 0.454 e. The first kappa shape index (κ1) is 22.8. The van der Waals surface area contributed by atoms with Crippen LogP contribution >= 0.6 is 0 Å². The molecule has 1 aliphatic heterocycles. The average molecular weight is 491 g/mol. The van der Waals surface area contributed by atoms with Crippen LogP contribution in [-0.2, 0) is 6.54 Å². The quantitative estimate of drug-likeness (QED) is 0.343. The van der Waals surface area contributed by atoms with E-state index in [0.29, 0.717) is 23.6 Å². The van der Waals surface area contributed by atoms with Crippen molar-refractivity contribution in [3.8, 4) is 28.4 Å². The summed E-state index contributed by atoms with van der Waals surface area (Å²) in [4.78, 5) is 18.4. The number of pyridine rings is 1. The maximum atomic E-state index is 13.5. The summed E-state index contributed by atoms with van der Waals surface area (Å²) >= 11 is 0. The summed E-state index contributed by atoms with van der Waals surface area (Å²) in [5, 5.41) is 8.50. The zero-order chi connectivity index (χ0) is 25.5. The van der Waals surface area contributed by atoms with E-state index in [-0.39, 0.29) is 12.7 Å². The molecule has 1 N–H and O–H groups in total. The average Bonchev–Trinajstić information content (AvgIpc) is 3.53. The molecule has 0 aliphatic carbocycles. The van der Waals surface area contributed by atoms with Gasteiger partial charge in [-0.25, -0.2) is 9.67 Å². The van der Waals surface area contributed by atoms with Crippen molar-refractivity contribution in [2.45, 2.75) is 27.3 Å². The van der Waals surface area contributed by atoms with Crippen LogP contribution in [0.3, 0.4) is 0 Å². The van der Waals surface area contributed by atoms with Gasteiger partial charge in [0.05, 0.1) is 34.4 Å². The first-order valence-electron chi connectivity index (χ1n) is 12.2. The van der Waals surface area contributed by atoms with Crippen LogP contribution in [-0.4, -0.2) is 27.5 Å². The number of nitrogens with zero attached hydrogens (tertiary/aromatic N) is 3. The summed E-state index contributed by atoms with van der Waals surface area (Å²) in [6, 6.07) is 21.7. The summed E-state index contributed by atoms with van der Waals surface area (Å²) in [5.41, 5.74) is 8.05. The molecule has 3 aromatic carbocycles. The maximum Gasteiger partial charge on any atom is 0.252 e. The monoisotopic (exact) mass is 490 g/mol. The predicted octanol–water partition coefficient (Wildman–Crippen LogP) is 5.67. The summed E-state index contributed by atoms with van der Waals surface area (Å²) in [6.07, 6.45) is 1.81. The van der Waals surface area contributed by atoms with Crippen LogP contribution in [0.4, 0.5) is 0 Å². The SMILES string of the molecule is Cc1ccc(-n2ncc(-c3cc(C(=O)NCc4ccc5c(c4)OCO5)c4cc(C)ccc4n3)c2C)cc1. The van der Waals surface area contributed by atoms with Gasteiger partial charge >= 0.3 is 0 Å². The molecule has 0 saturated carbocycles. The smallest absolute Gasteiger partial charge is 0.252 e. The van der Waals surface area contributed by atoms with Gasteiger partial charge in [0.1, 0.15) is 0 Å². The van der Waals surface area contributed by atoms with E-state index in [4.69, 9.17) is 14.5 Å². The van der Waals surface area contributed by atoms with Gasteiger partial charge in [-0.1, -0.05) is 35.4 Å². The number of hydrogen-bond donors (Lipinski definition) is 1. The Morgan fingerprint density at radius 2 is 1.70 bits per heavy atom. The second-order valence-corrected chi connectivity index (χ2v) is 9.34. The second kappa shape index (κ2) is 9.09. The number of ether oxygens (including phenoxy) is 2. The lowest BCUT2D eigenvalue weighted by molar-refractivity contribution is 0.0952. The van der Waals surface area contributed by atoms with Gasteiger partial charge in [-0.15, -0.1) is 0 Å². The summed E-state index contributed by atoms with van der Waals surface area (Å²) in [6.45, 7) is 6.67. The standard InChI is InChI=1S/C30H26N4O3/c1-18-4-8-22(9-5-18)34-20(3)25(16-32-34)27-14-24(23-12-19(2)6-10-26(23)33-27)30(35)31-15-21-7-11-28-29(13-21)37-17-36-28/h4-14,16H,15,17H2,1-3H3,(H,31,35). The highest BCUT2D eigenvalue weighted by atomic mass is 16.7. The van der Waals surface area contributed by atoms with Crippen LogP contribution < -0.4 is 14.8 Å². The van der Waals surface area contributed by atoms with Crippen molar-refractivity contribution in [1.29, 1.82) is 0 Å². The number of amides is 1. The molecule has 0 saturated heterocycles. The van der Waals surface area contributed by atoms with E-state index in [2.05, 4.69) is 29.5 Å². The number of hydrogen-bond acceptors (Lipinski definition) is 5. The molecule has 1 aliphatic rings. The Bertz CT molecular complexity index is 1650. The second-order valence-electron chi connectivity index (χ2n) is 9.34. The van der Waals surface area contributed by atoms with Crippen molar-refractivity contribution in [2.24, 2.45) is 0 Å². The molecule has 0 fully saturated rings. The third-order valence-electron chi connectivity index (χ3n) is 6.66. The van der Waals surface area contributed by atoms with Crippen molar-refractivity contribution in [3.63, 3.8) is 0 Å². The zero-order valence-electron chi connectivity index (χ0n) is 20.9. The summed E-state index contributed by atoms with van der Waals surface area (Å²) < 4.78 is 12.7. The number of rotatable bonds is 5. The highest BCUT2D eigenvalue weighted by Gasteiger charge is 2.18. The molecule has 184 valence electrons. The van der Waals surface area contributed by atoms with Crippen molar-refractivity contribution in [1.82, 2.24) is 20.1 Å². The van der Waals surface area contributed by atoms with E-state index in [9.17, 15) is 4.79 Å². The molecule has 5 aromatic rings. The first-order chi connectivity index (χ1) is 18.0. The Morgan fingerprint density at radius 1 is 0.919 bits per heavy atom. The third-order valence-corrected chi connectivity index (χ3v) is 6.66. The van der Waals surface area contributed by atoms with Crippen LogP contribution in [0.1, 0.15) is 32.7 Å². The van der Waals surface area contributed by atoms with E-state index in [1.54, 1.807) is 0 Å². The Kier molecular flexibility index (Phi) is 5.60. The van der Waals surface area contributed by atoms with E-state index >= 15 is 0 Å². The van der Waals surface area contributed by atoms with Gasteiger partial charge < -0.3 is 14.8 Å². The fourth-order valence-corrected chi connectivity index (χ4v) is 4.60. The van der Waals surface area contributed by atoms with E-state index < -0.39 is 0 Å². The number of fused-ring (bicyclic) bond motifs is 2. The minimum Gasteiger partial charge on any atom is -0.454 e. The number of carbonyl (C=O) groups is 1. The lowest BCUT2D eigenvalue weighted by atomic mass is 10.0. The fourth-order valence-electron chi connectivity index (χ4n) is 4.60. The number of nitrogens with one attached hydrogen (secondary N) is 1. The van der Waals surface area contributed by atoms with Gasteiger partial charge in [0.25, 0.3) is 5.91 Å². The molecule has 7 heteroatoms. The molecule has 0 radical (unpaired) electrons. The van der Waals surface area contributed by atoms with E-state index in [0.717, 1.165) is 44.7 Å². The molecular weight excluding hydrogens is 464 g/mol. The molecule has 3 heterocycles. The molecule has 0 atom stereocenters. The van der Waals surface area contributed by atoms with Gasteiger partial charge in [0, 0.05) is 17.5 Å². The van der Waals surface area contributed by atoms with Crippen LogP contribution in [0.15, 0.2) is 72.9 Å². The summed E-state index contributed by atoms with van der Waals surface area (Å²) in [5.74, 6) is 1.25. The van der Waals surface area contributed by atoms with Crippen molar-refractivity contribution in [2.75, 3.05) is 6.79 Å². The van der Waals surface area contributed by atoms with Gasteiger partial charge in [-0.2, -0.15) is 5.10 Å². The van der Waals surface area contributed by atoms with Crippen molar-refractivity contribution >= 4 is 16.8 Å². The van der Waals surface area contributed by atoms with Crippen molar-refractivity contribution < 1.29 is 14.3 Å². The predicted molar refractivity (Wildman–Crippen MR) is 142 cm³/mol. The molecule has 0 unspecified atom stereocenters. The first-order valence-corrected chi connectivity index (χ1v) is 12.2. The Hall–Kier alpha value is -4.65. The van der Waals surface area contributed by atoms with Crippen LogP contribution in [0.5, 0.6) is 11.5 Å². The Balaban J connectivity index is 1.36. The van der Waals surface area contributed by atoms with Gasteiger partial charge in [0.2, 0.25) is 6.79 Å². The number of aromatic nitrogens is 3. The molecule has 0 bridgehead atoms. The molecule has 2 aromatic heterocycles. The fraction of sp³-hybridized carbons (Fsp3) is 0.167. The lowest BCUT2D eigenvalue weighted by Gasteiger charge is -2.12. The number of benzene rings is 3. The minimum atomic E-state index is -0.166. The molecule has 6 rings (SSSR count). The molecule has 7 nitrogen and oxygen atoms in total. The Morgan fingerprint density at radius 3 is 2.54 bits per heavy atom. The highest BCUT2D eigenvalue weighted by molar-refractivity contribution is 6.07. The zero-order valence-corrected chi connectivity index (χ0v) is 20.9. The van der Waals surface area contributed by atoms with Crippen LogP contribution in [0.2, 0.25) is 0 Å². The molecule has 1 amide bonds. The van der Waals surface area contributed by atoms with Gasteiger partial charge in [-0.05, 0) is 68.8 Å². The number of aryl methyl sites for hydroxylation is 2. The topological polar surface area (TPSA) is 78.3 Å². The molecular formula is C30H26N4O3. The minimum absolute atomic E-state index is 0.166. The highest BCUT2D eigenvalue weighted by Crippen LogP contribution is 2.33. The van der Waals surface area contributed by atoms with E-state index in [1.807, 2.05) is 79.3 Å². The third kappa shape index (κ3) is 4.29. The van der Waals surface area contributed by atoms with Crippen LogP contribution in [0.25, 0.3) is 27.8 Å². The molecule has 37 heavy (non-hydrogen) atoms. The Labute approximate surface area is 214 Å². The van der Waals surface area contributed by atoms with Gasteiger partial charge in [-0.3, -0.25) is 4.79 Å². The maximum absolute atomic E-state index is 13.5. The molecule has 0 spiro atoms. The lowest BCUT2D eigenvalue weighted by Crippen LogP contribution is -2.23. The normalized spacial score (nSPS) is 12.2.